The van der Waals surface area contributed by atoms with Gasteiger partial charge in [-0.15, -0.1) is 0 Å². The minimum atomic E-state index is 0.144. The second-order valence-electron chi connectivity index (χ2n) is 4.22. The topological polar surface area (TPSA) is 82.0 Å². The van der Waals surface area contributed by atoms with Gasteiger partial charge >= 0.3 is 0 Å². The van der Waals surface area contributed by atoms with Gasteiger partial charge in [-0.1, -0.05) is 12.1 Å². The van der Waals surface area contributed by atoms with Crippen LogP contribution in [0.15, 0.2) is 42.6 Å². The summed E-state index contributed by atoms with van der Waals surface area (Å²) in [5.74, 6) is 0.582. The quantitative estimate of drug-likeness (QED) is 0.796. The first kappa shape index (κ1) is 12.1. The number of ketones is 1. The van der Waals surface area contributed by atoms with E-state index in [2.05, 4.69) is 4.98 Å². The lowest BCUT2D eigenvalue weighted by Crippen LogP contribution is -2.07. The van der Waals surface area contributed by atoms with Gasteiger partial charge in [-0.05, 0) is 35.4 Å². The first-order valence-electron chi connectivity index (χ1n) is 5.70. The smallest absolute Gasteiger partial charge is 0.141 e. The number of benzene rings is 1. The fourth-order valence-electron chi connectivity index (χ4n) is 1.76. The molecule has 92 valence electrons. The molecule has 0 aliphatic carbocycles. The zero-order valence-electron chi connectivity index (χ0n) is 9.97. The molecule has 2 rings (SSSR count). The highest BCUT2D eigenvalue weighted by atomic mass is 16.1. The van der Waals surface area contributed by atoms with Crippen LogP contribution in [0.1, 0.15) is 11.1 Å². The molecule has 0 unspecified atom stereocenters. The fraction of sp³-hybridized carbons (Fsp3) is 0.143. The van der Waals surface area contributed by atoms with Gasteiger partial charge in [0.1, 0.15) is 11.6 Å². The molecule has 0 aliphatic rings. The minimum Gasteiger partial charge on any atom is -0.399 e. The van der Waals surface area contributed by atoms with E-state index in [4.69, 9.17) is 11.5 Å². The van der Waals surface area contributed by atoms with Crippen LogP contribution >= 0.6 is 0 Å². The Hall–Kier alpha value is -2.36. The lowest BCUT2D eigenvalue weighted by atomic mass is 10.0. The zero-order valence-corrected chi connectivity index (χ0v) is 9.97. The van der Waals surface area contributed by atoms with Crippen molar-refractivity contribution in [2.75, 3.05) is 11.5 Å². The summed E-state index contributed by atoms with van der Waals surface area (Å²) in [5.41, 5.74) is 13.7. The number of nitrogens with zero attached hydrogens (tertiary/aromatic N) is 1. The average molecular weight is 241 g/mol. The van der Waals surface area contributed by atoms with Gasteiger partial charge in [0.2, 0.25) is 0 Å². The lowest BCUT2D eigenvalue weighted by molar-refractivity contribution is -0.117. The van der Waals surface area contributed by atoms with Crippen LogP contribution in [0.25, 0.3) is 0 Å². The van der Waals surface area contributed by atoms with Gasteiger partial charge in [0, 0.05) is 24.7 Å². The van der Waals surface area contributed by atoms with E-state index in [9.17, 15) is 4.79 Å². The number of rotatable bonds is 4. The normalized spacial score (nSPS) is 10.2. The lowest BCUT2D eigenvalue weighted by Gasteiger charge is -2.03. The largest absolute Gasteiger partial charge is 0.399 e. The number of hydrogen-bond acceptors (Lipinski definition) is 4. The van der Waals surface area contributed by atoms with Crippen LogP contribution in [-0.2, 0) is 17.6 Å². The van der Waals surface area contributed by atoms with E-state index in [1.54, 1.807) is 30.5 Å². The first-order valence-corrected chi connectivity index (χ1v) is 5.70. The molecular weight excluding hydrogens is 226 g/mol. The van der Waals surface area contributed by atoms with Crippen molar-refractivity contribution in [2.24, 2.45) is 0 Å². The van der Waals surface area contributed by atoms with Gasteiger partial charge in [0.05, 0.1) is 0 Å². The monoisotopic (exact) mass is 241 g/mol. The van der Waals surface area contributed by atoms with Gasteiger partial charge < -0.3 is 11.5 Å². The van der Waals surface area contributed by atoms with E-state index < -0.39 is 0 Å². The summed E-state index contributed by atoms with van der Waals surface area (Å²) in [6, 6.07) is 10.9. The molecule has 0 saturated carbocycles. The van der Waals surface area contributed by atoms with Gasteiger partial charge in [0.15, 0.2) is 0 Å². The number of carbonyl (C=O) groups excluding carboxylic acids is 1. The number of Topliss-reactive ketones (excluding diaryl/α,β-unsaturated/α-hetero) is 1. The minimum absolute atomic E-state index is 0.144. The number of anilines is 2. The predicted octanol–water partition coefficient (Wildman–Crippen LogP) is 1.60. The van der Waals surface area contributed by atoms with Gasteiger partial charge in [-0.2, -0.15) is 0 Å². The van der Waals surface area contributed by atoms with E-state index in [0.717, 1.165) is 11.1 Å². The van der Waals surface area contributed by atoms with Gasteiger partial charge in [0.25, 0.3) is 0 Å². The summed E-state index contributed by atoms with van der Waals surface area (Å²) < 4.78 is 0. The highest BCUT2D eigenvalue weighted by molar-refractivity contribution is 5.83. The molecule has 4 N–H and O–H groups in total. The molecule has 1 aromatic heterocycles. The second-order valence-corrected chi connectivity index (χ2v) is 4.22. The van der Waals surface area contributed by atoms with Crippen molar-refractivity contribution in [1.29, 1.82) is 0 Å². The highest BCUT2D eigenvalue weighted by Crippen LogP contribution is 2.09. The van der Waals surface area contributed by atoms with E-state index >= 15 is 0 Å². The Labute approximate surface area is 106 Å². The summed E-state index contributed by atoms with van der Waals surface area (Å²) in [6.45, 7) is 0. The molecule has 0 radical (unpaired) electrons. The molecule has 2 aromatic rings. The third-order valence-corrected chi connectivity index (χ3v) is 2.63. The SMILES string of the molecule is Nc1ccc(CC(=O)Cc2ccnc(N)c2)cc1. The maximum Gasteiger partial charge on any atom is 0.141 e. The summed E-state index contributed by atoms with van der Waals surface area (Å²) >= 11 is 0. The third kappa shape index (κ3) is 3.31. The van der Waals surface area contributed by atoms with Crippen molar-refractivity contribution in [1.82, 2.24) is 4.98 Å². The molecule has 0 spiro atoms. The molecule has 0 amide bonds. The summed E-state index contributed by atoms with van der Waals surface area (Å²) in [6.07, 6.45) is 2.39. The molecule has 1 heterocycles. The number of aromatic nitrogens is 1. The van der Waals surface area contributed by atoms with Crippen LogP contribution in [-0.4, -0.2) is 10.8 Å². The van der Waals surface area contributed by atoms with E-state index in [0.29, 0.717) is 24.3 Å². The van der Waals surface area contributed by atoms with Crippen LogP contribution in [0.3, 0.4) is 0 Å². The zero-order chi connectivity index (χ0) is 13.0. The molecule has 1 aromatic carbocycles. The van der Waals surface area contributed by atoms with Crippen LogP contribution < -0.4 is 11.5 Å². The second kappa shape index (κ2) is 5.31. The maximum absolute atomic E-state index is 11.9. The van der Waals surface area contributed by atoms with Gasteiger partial charge in [-0.25, -0.2) is 4.98 Å². The van der Waals surface area contributed by atoms with Crippen LogP contribution in [0, 0.1) is 0 Å². The summed E-state index contributed by atoms with van der Waals surface area (Å²) in [7, 11) is 0. The number of nitrogen functional groups attached to an aromatic ring is 2. The molecule has 0 saturated heterocycles. The Kier molecular flexibility index (Phi) is 3.57. The van der Waals surface area contributed by atoms with Crippen molar-refractivity contribution < 1.29 is 4.79 Å². The van der Waals surface area contributed by atoms with Crippen LogP contribution in [0.2, 0.25) is 0 Å². The number of hydrogen-bond donors (Lipinski definition) is 2. The summed E-state index contributed by atoms with van der Waals surface area (Å²) in [4.78, 5) is 15.8. The van der Waals surface area contributed by atoms with Crippen LogP contribution in [0.5, 0.6) is 0 Å². The molecule has 0 bridgehead atoms. The molecule has 4 heteroatoms. The maximum atomic E-state index is 11.9. The summed E-state index contributed by atoms with van der Waals surface area (Å²) in [5, 5.41) is 0. The van der Waals surface area contributed by atoms with E-state index in [-0.39, 0.29) is 5.78 Å². The number of nitrogens with two attached hydrogens (primary N) is 2. The van der Waals surface area contributed by atoms with E-state index in [1.165, 1.54) is 0 Å². The Morgan fingerprint density at radius 1 is 1.00 bits per heavy atom. The Morgan fingerprint density at radius 2 is 1.67 bits per heavy atom. The Balaban J connectivity index is 1.98. The van der Waals surface area contributed by atoms with E-state index in [1.807, 2.05) is 12.1 Å². The molecule has 18 heavy (non-hydrogen) atoms. The number of pyridine rings is 1. The Morgan fingerprint density at radius 3 is 2.33 bits per heavy atom. The van der Waals surface area contributed by atoms with Crippen molar-refractivity contribution in [3.05, 3.63) is 53.7 Å². The standard InChI is InChI=1S/C14H15N3O/c15-12-3-1-10(2-4-12)7-13(18)8-11-5-6-17-14(16)9-11/h1-6,9H,7-8,15H2,(H2,16,17). The highest BCUT2D eigenvalue weighted by Gasteiger charge is 2.05. The van der Waals surface area contributed by atoms with Crippen molar-refractivity contribution in [3.63, 3.8) is 0 Å². The predicted molar refractivity (Wildman–Crippen MR) is 71.9 cm³/mol. The molecule has 4 nitrogen and oxygen atoms in total. The molecule has 0 aliphatic heterocycles. The number of carbonyl (C=O) groups is 1. The fourth-order valence-corrected chi connectivity index (χ4v) is 1.76. The van der Waals surface area contributed by atoms with Crippen molar-refractivity contribution in [2.45, 2.75) is 12.8 Å². The molecule has 0 atom stereocenters. The molecule has 0 fully saturated rings. The third-order valence-electron chi connectivity index (χ3n) is 2.63. The van der Waals surface area contributed by atoms with Crippen molar-refractivity contribution in [3.8, 4) is 0 Å². The Bertz CT molecular complexity index is 549. The average Bonchev–Trinajstić information content (AvgIpc) is 2.32. The van der Waals surface area contributed by atoms with Gasteiger partial charge in [-0.3, -0.25) is 4.79 Å². The molecular formula is C14H15N3O. The first-order chi connectivity index (χ1) is 8.63. The van der Waals surface area contributed by atoms with Crippen LogP contribution in [0.4, 0.5) is 11.5 Å². The van der Waals surface area contributed by atoms with Crippen molar-refractivity contribution >= 4 is 17.3 Å².